The Morgan fingerprint density at radius 1 is 0.867 bits per heavy atom. The molecule has 2 atom stereocenters. The normalized spacial score (nSPS) is 18.0. The largest absolute Gasteiger partial charge is 0.250 e. The molecule has 6 heteroatoms. The summed E-state index contributed by atoms with van der Waals surface area (Å²) >= 11 is 1.59. The molecule has 0 spiro atoms. The number of rotatable bonds is 5. The number of aryl methyl sites for hydroxylation is 1. The van der Waals surface area contributed by atoms with Crippen LogP contribution in [0.1, 0.15) is 28.0 Å². The Morgan fingerprint density at radius 2 is 1.60 bits per heavy atom. The van der Waals surface area contributed by atoms with Crippen molar-refractivity contribution in [2.24, 2.45) is 0 Å². The second kappa shape index (κ2) is 7.54. The zero-order valence-electron chi connectivity index (χ0n) is 16.3. The molecule has 150 valence electrons. The van der Waals surface area contributed by atoms with Crippen LogP contribution in [0, 0.1) is 6.92 Å². The molecule has 1 aliphatic rings. The lowest BCUT2D eigenvalue weighted by Gasteiger charge is -2.22. The van der Waals surface area contributed by atoms with Gasteiger partial charge in [0.25, 0.3) is 0 Å². The van der Waals surface area contributed by atoms with E-state index >= 15 is 0 Å². The molecule has 0 saturated heterocycles. The summed E-state index contributed by atoms with van der Waals surface area (Å²) in [6.45, 7) is 1.94. The second-order valence-electron chi connectivity index (χ2n) is 7.41. The van der Waals surface area contributed by atoms with Gasteiger partial charge in [0.1, 0.15) is 0 Å². The van der Waals surface area contributed by atoms with Crippen LogP contribution in [-0.4, -0.2) is 13.4 Å². The third-order valence-corrected chi connectivity index (χ3v) is 8.13. The van der Waals surface area contributed by atoms with Crippen LogP contribution in [0.2, 0.25) is 0 Å². The predicted molar refractivity (Wildman–Crippen MR) is 121 cm³/mol. The van der Waals surface area contributed by atoms with Crippen LogP contribution < -0.4 is 4.72 Å². The van der Waals surface area contributed by atoms with E-state index in [2.05, 4.69) is 27.9 Å². The Labute approximate surface area is 180 Å². The van der Waals surface area contributed by atoms with Crippen molar-refractivity contribution in [3.63, 3.8) is 0 Å². The van der Waals surface area contributed by atoms with Gasteiger partial charge in [-0.3, -0.25) is 0 Å². The van der Waals surface area contributed by atoms with Crippen molar-refractivity contribution < 1.29 is 8.42 Å². The molecule has 0 aliphatic heterocycles. The molecule has 0 radical (unpaired) electrons. The van der Waals surface area contributed by atoms with Crippen LogP contribution in [0.25, 0.3) is 10.8 Å². The number of nitrogens with zero attached hydrogens (tertiary/aromatic N) is 1. The Bertz CT molecular complexity index is 1320. The van der Waals surface area contributed by atoms with Crippen molar-refractivity contribution in [1.82, 2.24) is 9.71 Å². The second-order valence-corrected chi connectivity index (χ2v) is 10.3. The van der Waals surface area contributed by atoms with Crippen LogP contribution in [0.4, 0.5) is 0 Å². The van der Waals surface area contributed by atoms with Crippen molar-refractivity contribution in [1.29, 1.82) is 0 Å². The van der Waals surface area contributed by atoms with E-state index < -0.39 is 10.0 Å². The van der Waals surface area contributed by atoms with Gasteiger partial charge in [-0.25, -0.2) is 18.1 Å². The average Bonchev–Trinajstić information content (AvgIpc) is 3.04. The van der Waals surface area contributed by atoms with Crippen LogP contribution >= 0.6 is 11.8 Å². The van der Waals surface area contributed by atoms with Gasteiger partial charge in [0.2, 0.25) is 10.0 Å². The van der Waals surface area contributed by atoms with Crippen molar-refractivity contribution >= 4 is 32.6 Å². The van der Waals surface area contributed by atoms with E-state index in [0.29, 0.717) is 0 Å². The number of benzene rings is 3. The summed E-state index contributed by atoms with van der Waals surface area (Å²) in [5, 5.41) is 3.01. The quantitative estimate of drug-likeness (QED) is 0.458. The maximum Gasteiger partial charge on any atom is 0.241 e. The van der Waals surface area contributed by atoms with Gasteiger partial charge in [0.05, 0.1) is 21.2 Å². The summed E-state index contributed by atoms with van der Waals surface area (Å²) in [5.41, 5.74) is 3.16. The van der Waals surface area contributed by atoms with Crippen molar-refractivity contribution in [2.45, 2.75) is 28.1 Å². The predicted octanol–water partition coefficient (Wildman–Crippen LogP) is 5.41. The molecule has 0 amide bonds. The summed E-state index contributed by atoms with van der Waals surface area (Å²) < 4.78 is 29.5. The topological polar surface area (TPSA) is 59.1 Å². The van der Waals surface area contributed by atoms with E-state index in [1.54, 1.807) is 30.1 Å². The van der Waals surface area contributed by atoms with E-state index in [9.17, 15) is 8.42 Å². The number of aromatic nitrogens is 1. The van der Waals surface area contributed by atoms with E-state index in [1.165, 1.54) is 0 Å². The van der Waals surface area contributed by atoms with Crippen LogP contribution in [0.15, 0.2) is 95.0 Å². The maximum atomic E-state index is 13.2. The van der Waals surface area contributed by atoms with Gasteiger partial charge in [-0.2, -0.15) is 0 Å². The number of hydrogen-bond acceptors (Lipinski definition) is 4. The number of thioether (sulfide) groups is 1. The van der Waals surface area contributed by atoms with Gasteiger partial charge in [-0.05, 0) is 53.1 Å². The lowest BCUT2D eigenvalue weighted by atomic mass is 10.1. The van der Waals surface area contributed by atoms with E-state index in [0.717, 1.165) is 32.5 Å². The van der Waals surface area contributed by atoms with E-state index in [1.807, 2.05) is 55.5 Å². The molecule has 1 aromatic heterocycles. The Morgan fingerprint density at radius 3 is 2.30 bits per heavy atom. The Balaban J connectivity index is 1.59. The van der Waals surface area contributed by atoms with Gasteiger partial charge < -0.3 is 0 Å². The van der Waals surface area contributed by atoms with Gasteiger partial charge in [0.15, 0.2) is 0 Å². The minimum absolute atomic E-state index is 0.110. The highest BCUT2D eigenvalue weighted by Crippen LogP contribution is 2.53. The van der Waals surface area contributed by atoms with Crippen LogP contribution in [0.3, 0.4) is 0 Å². The lowest BCUT2D eigenvalue weighted by Crippen LogP contribution is -2.30. The standard InChI is InChI=1S/C24H20N2O2S2/c1-16-11-13-18(14-12-16)30(27,28)26-23-19-8-4-6-17-7-5-9-20(22(17)19)24(23)29-21-10-2-3-15-25-21/h2-15,23-24,26H,1H3/t23-,24-/m1/s1. The molecule has 1 heterocycles. The number of nitrogens with one attached hydrogen (secondary N) is 1. The zero-order valence-corrected chi connectivity index (χ0v) is 18.0. The van der Waals surface area contributed by atoms with Gasteiger partial charge >= 0.3 is 0 Å². The molecule has 4 aromatic rings. The third kappa shape index (κ3) is 3.41. The summed E-state index contributed by atoms with van der Waals surface area (Å²) in [6, 6.07) is 24.6. The van der Waals surface area contributed by atoms with Crippen molar-refractivity contribution in [2.75, 3.05) is 0 Å². The minimum atomic E-state index is -3.68. The smallest absolute Gasteiger partial charge is 0.241 e. The molecule has 0 fully saturated rings. The van der Waals surface area contributed by atoms with Gasteiger partial charge in [-0.1, -0.05) is 71.9 Å². The third-order valence-electron chi connectivity index (χ3n) is 5.41. The van der Waals surface area contributed by atoms with Crippen molar-refractivity contribution in [3.8, 4) is 0 Å². The molecule has 0 bridgehead atoms. The average molecular weight is 433 g/mol. The minimum Gasteiger partial charge on any atom is -0.250 e. The molecular weight excluding hydrogens is 412 g/mol. The Hall–Kier alpha value is -2.67. The van der Waals surface area contributed by atoms with Crippen LogP contribution in [0.5, 0.6) is 0 Å². The van der Waals surface area contributed by atoms with E-state index in [4.69, 9.17) is 0 Å². The van der Waals surface area contributed by atoms with Crippen molar-refractivity contribution in [3.05, 3.63) is 102 Å². The molecule has 1 N–H and O–H groups in total. The summed E-state index contributed by atoms with van der Waals surface area (Å²) in [5.74, 6) is 0. The monoisotopic (exact) mass is 432 g/mol. The number of pyridine rings is 1. The fourth-order valence-electron chi connectivity index (χ4n) is 4.00. The molecule has 4 nitrogen and oxygen atoms in total. The number of sulfonamides is 1. The summed E-state index contributed by atoms with van der Waals surface area (Å²) in [4.78, 5) is 4.73. The fourth-order valence-corrected chi connectivity index (χ4v) is 6.52. The molecule has 0 saturated carbocycles. The summed E-state index contributed by atoms with van der Waals surface area (Å²) in [7, 11) is -3.68. The molecule has 5 rings (SSSR count). The zero-order chi connectivity index (χ0) is 20.7. The van der Waals surface area contributed by atoms with Gasteiger partial charge in [0, 0.05) is 6.20 Å². The van der Waals surface area contributed by atoms with E-state index in [-0.39, 0.29) is 16.2 Å². The molecule has 1 aliphatic carbocycles. The van der Waals surface area contributed by atoms with Gasteiger partial charge in [-0.15, -0.1) is 0 Å². The first kappa shape index (κ1) is 19.3. The first-order valence-electron chi connectivity index (χ1n) is 9.71. The molecule has 30 heavy (non-hydrogen) atoms. The fraction of sp³-hybridized carbons (Fsp3) is 0.125. The summed E-state index contributed by atoms with van der Waals surface area (Å²) in [6.07, 6.45) is 1.76. The lowest BCUT2D eigenvalue weighted by molar-refractivity contribution is 0.557. The molecule has 0 unspecified atom stereocenters. The molecular formula is C24H20N2O2S2. The first-order chi connectivity index (χ1) is 14.5. The SMILES string of the molecule is Cc1ccc(S(=O)(=O)N[C@@H]2c3cccc4cccc(c34)[C@H]2Sc2ccccn2)cc1. The highest BCUT2D eigenvalue weighted by molar-refractivity contribution is 7.99. The Kier molecular flexibility index (Phi) is 4.85. The maximum absolute atomic E-state index is 13.2. The van der Waals surface area contributed by atoms with Crippen LogP contribution in [-0.2, 0) is 10.0 Å². The number of hydrogen-bond donors (Lipinski definition) is 1. The first-order valence-corrected chi connectivity index (χ1v) is 12.1. The highest BCUT2D eigenvalue weighted by Gasteiger charge is 2.38. The highest BCUT2D eigenvalue weighted by atomic mass is 32.2. The molecule has 3 aromatic carbocycles.